The Kier molecular flexibility index (Phi) is 29.8. The molecule has 2 spiro atoms. The second-order valence-corrected chi connectivity index (χ2v) is 22.5. The normalized spacial score (nSPS) is 24.2. The van der Waals surface area contributed by atoms with Crippen LogP contribution >= 0.6 is 0 Å². The van der Waals surface area contributed by atoms with Gasteiger partial charge in [0.05, 0.1) is 0 Å². The lowest BCUT2D eigenvalue weighted by atomic mass is 9.73. The molecular weight excluding hydrogens is 771 g/mol. The van der Waals surface area contributed by atoms with Gasteiger partial charge in [-0.3, -0.25) is 0 Å². The fourth-order valence-corrected chi connectivity index (χ4v) is 10.5. The summed E-state index contributed by atoms with van der Waals surface area (Å²) in [6.45, 7) is 52.2. The minimum atomic E-state index is 0.689. The van der Waals surface area contributed by atoms with E-state index < -0.39 is 0 Å². The van der Waals surface area contributed by atoms with Gasteiger partial charge in [0.2, 0.25) is 0 Å². The van der Waals surface area contributed by atoms with Gasteiger partial charge < -0.3 is 34.3 Å². The first-order valence-corrected chi connectivity index (χ1v) is 27.9. The van der Waals surface area contributed by atoms with Gasteiger partial charge in [0.15, 0.2) is 0 Å². The molecule has 6 saturated heterocycles. The first kappa shape index (κ1) is 58.4. The zero-order valence-corrected chi connectivity index (χ0v) is 45.7. The molecule has 0 unspecified atom stereocenters. The van der Waals surface area contributed by atoms with Crippen molar-refractivity contribution in [2.45, 2.75) is 249 Å². The van der Waals surface area contributed by atoms with Crippen molar-refractivity contribution < 1.29 is 0 Å². The number of nitrogens with zero attached hydrogens (tertiary/aromatic N) is 7. The van der Waals surface area contributed by atoms with Gasteiger partial charge >= 0.3 is 0 Å². The second kappa shape index (κ2) is 32.1. The summed E-state index contributed by atoms with van der Waals surface area (Å²) < 4.78 is 0. The summed E-state index contributed by atoms with van der Waals surface area (Å²) in [6.07, 6.45) is 29.0. The Labute approximate surface area is 396 Å². The van der Waals surface area contributed by atoms with Crippen LogP contribution in [0.4, 0.5) is 0 Å². The van der Waals surface area contributed by atoms with E-state index >= 15 is 0 Å². The summed E-state index contributed by atoms with van der Waals surface area (Å²) >= 11 is 0. The third kappa shape index (κ3) is 23.2. The van der Waals surface area contributed by atoms with Crippen molar-refractivity contribution in [1.29, 1.82) is 0 Å². The summed E-state index contributed by atoms with van der Waals surface area (Å²) in [6, 6.07) is 4.56. The van der Waals surface area contributed by atoms with Crippen molar-refractivity contribution in [3.63, 3.8) is 0 Å². The van der Waals surface area contributed by atoms with Crippen LogP contribution in [0, 0.1) is 10.8 Å². The molecule has 374 valence electrons. The highest BCUT2D eigenvalue weighted by molar-refractivity contribution is 5.01. The molecule has 0 aromatic carbocycles. The number of likely N-dealkylation sites (tertiary alicyclic amines) is 6. The molecule has 7 heterocycles. The van der Waals surface area contributed by atoms with Crippen LogP contribution in [0.1, 0.15) is 213 Å². The maximum absolute atomic E-state index is 2.67. The summed E-state index contributed by atoms with van der Waals surface area (Å²) in [5, 5.41) is 0. The van der Waals surface area contributed by atoms with Gasteiger partial charge in [-0.05, 0) is 262 Å². The first-order chi connectivity index (χ1) is 30.1. The number of hydrogen-bond donors (Lipinski definition) is 0. The highest BCUT2D eigenvalue weighted by Crippen LogP contribution is 2.53. The molecule has 0 aromatic rings. The van der Waals surface area contributed by atoms with E-state index in [0.717, 1.165) is 41.0 Å². The van der Waals surface area contributed by atoms with Crippen LogP contribution in [0.2, 0.25) is 0 Å². The van der Waals surface area contributed by atoms with Crippen molar-refractivity contribution in [3.05, 3.63) is 12.3 Å². The molecule has 0 aromatic heterocycles. The molecule has 63 heavy (non-hydrogen) atoms. The third-order valence-corrected chi connectivity index (χ3v) is 15.8. The fourth-order valence-electron chi connectivity index (χ4n) is 10.5. The van der Waals surface area contributed by atoms with E-state index in [1.807, 2.05) is 13.8 Å². The second-order valence-electron chi connectivity index (χ2n) is 22.5. The highest BCUT2D eigenvalue weighted by Gasteiger charge is 2.47. The predicted molar refractivity (Wildman–Crippen MR) is 281 cm³/mol. The smallest absolute Gasteiger partial charge is 0.0227 e. The maximum Gasteiger partial charge on any atom is 0.0227 e. The molecule has 7 nitrogen and oxygen atoms in total. The van der Waals surface area contributed by atoms with Crippen molar-refractivity contribution in [1.82, 2.24) is 34.3 Å². The van der Waals surface area contributed by atoms with Crippen LogP contribution in [0.3, 0.4) is 0 Å². The molecule has 0 amide bonds. The van der Waals surface area contributed by atoms with Gasteiger partial charge in [-0.25, -0.2) is 0 Å². The van der Waals surface area contributed by atoms with Gasteiger partial charge in [0, 0.05) is 55.9 Å². The summed E-state index contributed by atoms with van der Waals surface area (Å²) in [5.41, 5.74) is 1.58. The highest BCUT2D eigenvalue weighted by atomic mass is 15.2. The van der Waals surface area contributed by atoms with Crippen molar-refractivity contribution in [2.75, 3.05) is 91.6 Å². The van der Waals surface area contributed by atoms with E-state index in [1.54, 1.807) is 0 Å². The Morgan fingerprint density at radius 2 is 0.730 bits per heavy atom. The summed E-state index contributed by atoms with van der Waals surface area (Å²) in [5.74, 6) is 0. The SMILES string of the molecule is CC.CC(C)N1C=CCC1.CC(C)N1CCC2(CC2)C1.CC(C)N1CCC2(CCCCC2)C1.CC(C)N1CCCC1.CC(C)N1CCCC1.CC(C)N1CCCC1.CCN1CCC1. The average Bonchev–Trinajstić information content (AvgIpc) is 4.04. The van der Waals surface area contributed by atoms with Crippen molar-refractivity contribution in [2.24, 2.45) is 10.8 Å². The van der Waals surface area contributed by atoms with Gasteiger partial charge in [0.1, 0.15) is 0 Å². The van der Waals surface area contributed by atoms with Crippen LogP contribution < -0.4 is 0 Å². The molecular formula is C56H115N7. The zero-order chi connectivity index (χ0) is 46.8. The molecule has 7 heteroatoms. The molecule has 2 saturated carbocycles. The Morgan fingerprint density at radius 3 is 0.921 bits per heavy atom. The first-order valence-electron chi connectivity index (χ1n) is 27.9. The fraction of sp³-hybridized carbons (Fsp3) is 0.964. The minimum Gasteiger partial charge on any atom is -0.375 e. The zero-order valence-electron chi connectivity index (χ0n) is 45.7. The van der Waals surface area contributed by atoms with Gasteiger partial charge in [-0.15, -0.1) is 0 Å². The van der Waals surface area contributed by atoms with E-state index in [9.17, 15) is 0 Å². The van der Waals surface area contributed by atoms with Gasteiger partial charge in [-0.1, -0.05) is 46.1 Å². The van der Waals surface area contributed by atoms with Crippen LogP contribution in [0.15, 0.2) is 12.3 Å². The lowest BCUT2D eigenvalue weighted by molar-refractivity contribution is 0.171. The van der Waals surface area contributed by atoms with Crippen LogP contribution in [0.25, 0.3) is 0 Å². The molecule has 0 N–H and O–H groups in total. The standard InChI is InChI=1S/C12H23N.C9H17N.3C7H15N.C7H13N.C5H11N.C2H6/c1-11(2)13-9-8-12(10-13)6-4-3-5-7-12;1-8(2)10-6-5-9(7-10)3-4-9;4*1-7(2)8-5-3-4-6-8;1-2-6-4-3-5-6;1-2/h11H,3-10H2,1-2H3;8H,3-7H2,1-2H3;3*7H,3-6H2,1-2H3;3,5,7H,4,6H2,1-2H3;2-5H2,1H3;1-2H3. The Bertz CT molecular complexity index is 1050. The lowest BCUT2D eigenvalue weighted by Crippen LogP contribution is -2.36. The van der Waals surface area contributed by atoms with Crippen molar-refractivity contribution in [3.8, 4) is 0 Å². The number of hydrogen-bond acceptors (Lipinski definition) is 7. The summed E-state index contributed by atoms with van der Waals surface area (Å²) in [4.78, 5) is 17.7. The molecule has 0 radical (unpaired) electrons. The largest absolute Gasteiger partial charge is 0.375 e. The summed E-state index contributed by atoms with van der Waals surface area (Å²) in [7, 11) is 0. The average molecular weight is 887 g/mol. The van der Waals surface area contributed by atoms with E-state index in [1.165, 1.54) is 201 Å². The topological polar surface area (TPSA) is 22.7 Å². The molecule has 0 bridgehead atoms. The molecule has 9 aliphatic rings. The predicted octanol–water partition coefficient (Wildman–Crippen LogP) is 12.8. The number of rotatable bonds is 7. The third-order valence-electron chi connectivity index (χ3n) is 15.8. The van der Waals surface area contributed by atoms with Gasteiger partial charge in [0.25, 0.3) is 0 Å². The van der Waals surface area contributed by atoms with E-state index in [-0.39, 0.29) is 0 Å². The Morgan fingerprint density at radius 1 is 0.365 bits per heavy atom. The molecule has 0 atom stereocenters. The maximum atomic E-state index is 2.67. The minimum absolute atomic E-state index is 0.689. The Balaban J connectivity index is 0.000000254. The van der Waals surface area contributed by atoms with E-state index in [2.05, 4.69) is 137 Å². The monoisotopic (exact) mass is 886 g/mol. The van der Waals surface area contributed by atoms with E-state index in [4.69, 9.17) is 0 Å². The Hall–Kier alpha value is -0.700. The molecule has 9 rings (SSSR count). The molecule has 2 aliphatic carbocycles. The molecule has 8 fully saturated rings. The van der Waals surface area contributed by atoms with E-state index in [0.29, 0.717) is 6.04 Å². The van der Waals surface area contributed by atoms with Crippen LogP contribution in [0.5, 0.6) is 0 Å². The quantitative estimate of drug-likeness (QED) is 0.251. The lowest BCUT2D eigenvalue weighted by Gasteiger charge is -2.34. The van der Waals surface area contributed by atoms with Crippen LogP contribution in [-0.4, -0.2) is 162 Å². The molecule has 7 aliphatic heterocycles. The van der Waals surface area contributed by atoms with Crippen molar-refractivity contribution >= 4 is 0 Å². The van der Waals surface area contributed by atoms with Gasteiger partial charge in [-0.2, -0.15) is 0 Å². The van der Waals surface area contributed by atoms with Crippen LogP contribution in [-0.2, 0) is 0 Å².